The first-order chi connectivity index (χ1) is 7.03. The zero-order chi connectivity index (χ0) is 11.5. The summed E-state index contributed by atoms with van der Waals surface area (Å²) in [6.07, 6.45) is 0. The normalized spacial score (nSPS) is 15.0. The van der Waals surface area contributed by atoms with Crippen molar-refractivity contribution in [2.75, 3.05) is 13.2 Å². The molecule has 1 unspecified atom stereocenters. The number of rotatable bonds is 4. The number of benzene rings is 1. The topological polar surface area (TPSA) is 32.3 Å². The Bertz CT molecular complexity index is 335. The van der Waals surface area contributed by atoms with E-state index in [1.165, 1.54) is 16.7 Å². The molecule has 0 aliphatic rings. The molecule has 2 nitrogen and oxygen atoms in total. The lowest BCUT2D eigenvalue weighted by atomic mass is 9.88. The van der Waals surface area contributed by atoms with Gasteiger partial charge in [0.15, 0.2) is 0 Å². The van der Waals surface area contributed by atoms with Crippen LogP contribution >= 0.6 is 0 Å². The molecule has 84 valence electrons. The number of aliphatic hydroxyl groups is 1. The van der Waals surface area contributed by atoms with Crippen LogP contribution in [0.2, 0.25) is 0 Å². The summed E-state index contributed by atoms with van der Waals surface area (Å²) in [7, 11) is 0. The van der Waals surface area contributed by atoms with Gasteiger partial charge in [-0.15, -0.1) is 0 Å². The van der Waals surface area contributed by atoms with Crippen LogP contribution in [0.25, 0.3) is 0 Å². The maximum atomic E-state index is 9.52. The monoisotopic (exact) mass is 207 g/mol. The summed E-state index contributed by atoms with van der Waals surface area (Å²) in [4.78, 5) is 0. The van der Waals surface area contributed by atoms with Gasteiger partial charge in [-0.1, -0.05) is 30.7 Å². The predicted molar refractivity (Wildman–Crippen MR) is 64.0 cm³/mol. The Hall–Kier alpha value is -0.860. The van der Waals surface area contributed by atoms with Crippen molar-refractivity contribution in [1.29, 1.82) is 0 Å². The van der Waals surface area contributed by atoms with Crippen molar-refractivity contribution in [3.05, 3.63) is 34.9 Å². The molecule has 0 bridgehead atoms. The number of hydrogen-bond donors (Lipinski definition) is 2. The second kappa shape index (κ2) is 4.77. The molecule has 2 N–H and O–H groups in total. The van der Waals surface area contributed by atoms with Crippen LogP contribution in [0, 0.1) is 13.8 Å². The van der Waals surface area contributed by atoms with Crippen LogP contribution in [0.3, 0.4) is 0 Å². The fourth-order valence-corrected chi connectivity index (χ4v) is 1.96. The van der Waals surface area contributed by atoms with E-state index >= 15 is 0 Å². The highest BCUT2D eigenvalue weighted by molar-refractivity contribution is 5.36. The molecule has 1 aromatic rings. The molecule has 0 aromatic heterocycles. The lowest BCUT2D eigenvalue weighted by molar-refractivity contribution is 0.176. The van der Waals surface area contributed by atoms with Crippen LogP contribution in [0.4, 0.5) is 0 Å². The molecule has 2 heteroatoms. The van der Waals surface area contributed by atoms with Gasteiger partial charge in [-0.2, -0.15) is 0 Å². The highest BCUT2D eigenvalue weighted by atomic mass is 16.3. The Labute approximate surface area is 92.3 Å². The predicted octanol–water partition coefficient (Wildman–Crippen LogP) is 2.12. The van der Waals surface area contributed by atoms with Crippen LogP contribution in [0.5, 0.6) is 0 Å². The summed E-state index contributed by atoms with van der Waals surface area (Å²) < 4.78 is 0. The number of nitrogens with one attached hydrogen (secondary N) is 1. The molecule has 0 heterocycles. The maximum absolute atomic E-state index is 9.52. The lowest BCUT2D eigenvalue weighted by Gasteiger charge is -2.30. The van der Waals surface area contributed by atoms with Gasteiger partial charge in [-0.3, -0.25) is 0 Å². The first-order valence-corrected chi connectivity index (χ1v) is 5.47. The third-order valence-corrected chi connectivity index (χ3v) is 2.87. The summed E-state index contributed by atoms with van der Waals surface area (Å²) in [5.41, 5.74) is 3.31. The average molecular weight is 207 g/mol. The molecule has 0 fully saturated rings. The lowest BCUT2D eigenvalue weighted by Crippen LogP contribution is -2.43. The first kappa shape index (κ1) is 12.2. The summed E-state index contributed by atoms with van der Waals surface area (Å²) in [6.45, 7) is 9.22. The van der Waals surface area contributed by atoms with Crippen molar-refractivity contribution in [3.63, 3.8) is 0 Å². The molecule has 1 rings (SSSR count). The van der Waals surface area contributed by atoms with E-state index in [1.807, 2.05) is 6.92 Å². The molecular weight excluding hydrogens is 186 g/mol. The quantitative estimate of drug-likeness (QED) is 0.792. The molecule has 1 atom stereocenters. The van der Waals surface area contributed by atoms with Gasteiger partial charge in [-0.05, 0) is 38.4 Å². The Kier molecular flexibility index (Phi) is 3.89. The number of likely N-dealkylation sites (N-methyl/N-ethyl adjacent to an activating group) is 1. The smallest absolute Gasteiger partial charge is 0.0652 e. The molecule has 0 aliphatic heterocycles. The molecule has 15 heavy (non-hydrogen) atoms. The molecule has 0 spiro atoms. The number of hydrogen-bond acceptors (Lipinski definition) is 2. The van der Waals surface area contributed by atoms with Gasteiger partial charge in [-0.25, -0.2) is 0 Å². The molecule has 0 amide bonds. The Balaban J connectivity index is 3.16. The van der Waals surface area contributed by atoms with E-state index in [1.54, 1.807) is 0 Å². The zero-order valence-electron chi connectivity index (χ0n) is 10.1. The molecule has 0 saturated carbocycles. The van der Waals surface area contributed by atoms with E-state index < -0.39 is 0 Å². The second-order valence-corrected chi connectivity index (χ2v) is 4.34. The molecule has 1 aromatic carbocycles. The van der Waals surface area contributed by atoms with Gasteiger partial charge in [0.25, 0.3) is 0 Å². The van der Waals surface area contributed by atoms with Gasteiger partial charge in [0, 0.05) is 0 Å². The Morgan fingerprint density at radius 1 is 1.33 bits per heavy atom. The highest BCUT2D eigenvalue weighted by Gasteiger charge is 2.25. The molecule has 0 aliphatic carbocycles. The van der Waals surface area contributed by atoms with E-state index in [0.717, 1.165) is 6.54 Å². The van der Waals surface area contributed by atoms with Crippen molar-refractivity contribution in [1.82, 2.24) is 5.32 Å². The largest absolute Gasteiger partial charge is 0.394 e. The van der Waals surface area contributed by atoms with E-state index in [9.17, 15) is 5.11 Å². The number of aliphatic hydroxyl groups excluding tert-OH is 1. The fraction of sp³-hybridized carbons (Fsp3) is 0.538. The molecule has 0 radical (unpaired) electrons. The van der Waals surface area contributed by atoms with Crippen LogP contribution in [0.15, 0.2) is 18.2 Å². The van der Waals surface area contributed by atoms with Gasteiger partial charge in [0.1, 0.15) is 0 Å². The minimum absolute atomic E-state index is 0.116. The van der Waals surface area contributed by atoms with Crippen LogP contribution in [-0.2, 0) is 5.54 Å². The minimum atomic E-state index is -0.329. The summed E-state index contributed by atoms with van der Waals surface area (Å²) in [6, 6.07) is 6.35. The van der Waals surface area contributed by atoms with E-state index in [2.05, 4.69) is 44.3 Å². The van der Waals surface area contributed by atoms with Crippen LogP contribution in [0.1, 0.15) is 30.5 Å². The SMILES string of the molecule is CCNC(C)(CO)c1cc(C)ccc1C. The minimum Gasteiger partial charge on any atom is -0.394 e. The van der Waals surface area contributed by atoms with Crippen molar-refractivity contribution in [2.45, 2.75) is 33.2 Å². The molecular formula is C13H21NO. The zero-order valence-corrected chi connectivity index (χ0v) is 10.1. The van der Waals surface area contributed by atoms with Crippen molar-refractivity contribution >= 4 is 0 Å². The van der Waals surface area contributed by atoms with Gasteiger partial charge < -0.3 is 10.4 Å². The molecule has 0 saturated heterocycles. The fourth-order valence-electron chi connectivity index (χ4n) is 1.96. The van der Waals surface area contributed by atoms with E-state index in [0.29, 0.717) is 0 Å². The first-order valence-electron chi connectivity index (χ1n) is 5.47. The summed E-state index contributed by atoms with van der Waals surface area (Å²) in [5, 5.41) is 12.9. The Morgan fingerprint density at radius 3 is 2.53 bits per heavy atom. The Morgan fingerprint density at radius 2 is 2.00 bits per heavy atom. The maximum Gasteiger partial charge on any atom is 0.0652 e. The standard InChI is InChI=1S/C13H21NO/c1-5-14-13(4,9-15)12-8-10(2)6-7-11(12)3/h6-8,14-15H,5,9H2,1-4H3. The third-order valence-electron chi connectivity index (χ3n) is 2.87. The van der Waals surface area contributed by atoms with Gasteiger partial charge >= 0.3 is 0 Å². The third kappa shape index (κ3) is 2.58. The number of aryl methyl sites for hydroxylation is 2. The second-order valence-electron chi connectivity index (χ2n) is 4.34. The summed E-state index contributed by atoms with van der Waals surface area (Å²) >= 11 is 0. The van der Waals surface area contributed by atoms with Gasteiger partial charge in [0.05, 0.1) is 12.1 Å². The average Bonchev–Trinajstić information content (AvgIpc) is 2.22. The van der Waals surface area contributed by atoms with Gasteiger partial charge in [0.2, 0.25) is 0 Å². The van der Waals surface area contributed by atoms with E-state index in [-0.39, 0.29) is 12.1 Å². The van der Waals surface area contributed by atoms with Crippen molar-refractivity contribution in [2.24, 2.45) is 0 Å². The van der Waals surface area contributed by atoms with E-state index in [4.69, 9.17) is 0 Å². The highest BCUT2D eigenvalue weighted by Crippen LogP contribution is 2.24. The van der Waals surface area contributed by atoms with Crippen LogP contribution in [-0.4, -0.2) is 18.3 Å². The van der Waals surface area contributed by atoms with Crippen molar-refractivity contribution < 1.29 is 5.11 Å². The van der Waals surface area contributed by atoms with Crippen LogP contribution < -0.4 is 5.32 Å². The summed E-state index contributed by atoms with van der Waals surface area (Å²) in [5.74, 6) is 0. The van der Waals surface area contributed by atoms with Crippen molar-refractivity contribution in [3.8, 4) is 0 Å².